The molecule has 1 N–H and O–H groups in total. The third-order valence-corrected chi connectivity index (χ3v) is 4.76. The molecule has 7 heteroatoms. The third-order valence-electron chi connectivity index (χ3n) is 3.36. The van der Waals surface area contributed by atoms with Crippen molar-refractivity contribution >= 4 is 15.7 Å². The highest BCUT2D eigenvalue weighted by Crippen LogP contribution is 2.31. The largest absolute Gasteiger partial charge is 0.493 e. The van der Waals surface area contributed by atoms with E-state index < -0.39 is 10.0 Å². The van der Waals surface area contributed by atoms with Gasteiger partial charge in [0.05, 0.1) is 17.7 Å². The first-order chi connectivity index (χ1) is 12.1. The van der Waals surface area contributed by atoms with Gasteiger partial charge in [-0.15, -0.1) is 0 Å². The molecular formula is C18H16N2O4S. The summed E-state index contributed by atoms with van der Waals surface area (Å²) >= 11 is 0. The van der Waals surface area contributed by atoms with Gasteiger partial charge in [0.2, 0.25) is 0 Å². The van der Waals surface area contributed by atoms with Gasteiger partial charge in [-0.05, 0) is 48.5 Å². The Morgan fingerprint density at radius 2 is 1.52 bits per heavy atom. The summed E-state index contributed by atoms with van der Waals surface area (Å²) in [6.45, 7) is 0. The molecule has 0 atom stereocenters. The Morgan fingerprint density at radius 1 is 0.880 bits per heavy atom. The first-order valence-corrected chi connectivity index (χ1v) is 8.90. The lowest BCUT2D eigenvalue weighted by Gasteiger charge is -2.11. The molecule has 3 rings (SSSR count). The number of rotatable bonds is 6. The zero-order valence-corrected chi connectivity index (χ0v) is 14.2. The number of aromatic nitrogens is 1. The van der Waals surface area contributed by atoms with Crippen molar-refractivity contribution in [1.29, 1.82) is 0 Å². The molecular weight excluding hydrogens is 340 g/mol. The van der Waals surface area contributed by atoms with Crippen LogP contribution in [0.1, 0.15) is 0 Å². The Kier molecular flexibility index (Phi) is 4.85. The Balaban J connectivity index is 1.78. The van der Waals surface area contributed by atoms with Crippen LogP contribution in [-0.4, -0.2) is 20.5 Å². The van der Waals surface area contributed by atoms with E-state index in [-0.39, 0.29) is 4.90 Å². The number of benzene rings is 2. The van der Waals surface area contributed by atoms with E-state index in [0.717, 1.165) is 0 Å². The molecule has 0 fully saturated rings. The molecule has 1 aromatic heterocycles. The van der Waals surface area contributed by atoms with Gasteiger partial charge < -0.3 is 9.47 Å². The van der Waals surface area contributed by atoms with Crippen LogP contribution >= 0.6 is 0 Å². The molecule has 0 amide bonds. The van der Waals surface area contributed by atoms with Crippen molar-refractivity contribution in [2.24, 2.45) is 0 Å². The minimum absolute atomic E-state index is 0.136. The van der Waals surface area contributed by atoms with Gasteiger partial charge in [-0.3, -0.25) is 9.71 Å². The van der Waals surface area contributed by atoms with Gasteiger partial charge >= 0.3 is 0 Å². The Labute approximate surface area is 146 Å². The second-order valence-electron chi connectivity index (χ2n) is 5.07. The van der Waals surface area contributed by atoms with E-state index in [9.17, 15) is 8.42 Å². The molecule has 1 heterocycles. The van der Waals surface area contributed by atoms with E-state index in [1.54, 1.807) is 43.5 Å². The monoisotopic (exact) mass is 356 g/mol. The summed E-state index contributed by atoms with van der Waals surface area (Å²) in [6, 6.07) is 16.5. The topological polar surface area (TPSA) is 77.5 Å². The second-order valence-corrected chi connectivity index (χ2v) is 6.75. The Morgan fingerprint density at radius 3 is 2.16 bits per heavy atom. The van der Waals surface area contributed by atoms with Crippen LogP contribution in [0.15, 0.2) is 78.0 Å². The summed E-state index contributed by atoms with van der Waals surface area (Å²) in [5, 5.41) is 0. The highest BCUT2D eigenvalue weighted by Gasteiger charge is 2.14. The lowest BCUT2D eigenvalue weighted by Crippen LogP contribution is -2.12. The minimum Gasteiger partial charge on any atom is -0.493 e. The van der Waals surface area contributed by atoms with Crippen LogP contribution < -0.4 is 14.2 Å². The van der Waals surface area contributed by atoms with Gasteiger partial charge in [-0.2, -0.15) is 0 Å². The summed E-state index contributed by atoms with van der Waals surface area (Å²) in [5.41, 5.74) is 0.448. The van der Waals surface area contributed by atoms with Crippen molar-refractivity contribution < 1.29 is 17.9 Å². The summed E-state index contributed by atoms with van der Waals surface area (Å²) < 4.78 is 38.2. The van der Waals surface area contributed by atoms with Crippen molar-refractivity contribution in [3.05, 3.63) is 73.1 Å². The van der Waals surface area contributed by atoms with Gasteiger partial charge in [0.1, 0.15) is 5.75 Å². The fourth-order valence-corrected chi connectivity index (χ4v) is 3.21. The lowest BCUT2D eigenvalue weighted by atomic mass is 10.3. The maximum absolute atomic E-state index is 12.4. The van der Waals surface area contributed by atoms with Gasteiger partial charge in [0.15, 0.2) is 11.5 Å². The maximum atomic E-state index is 12.4. The molecule has 0 aliphatic rings. The quantitative estimate of drug-likeness (QED) is 0.729. The molecule has 25 heavy (non-hydrogen) atoms. The predicted molar refractivity (Wildman–Crippen MR) is 94.6 cm³/mol. The first-order valence-electron chi connectivity index (χ1n) is 7.42. The number of pyridine rings is 1. The van der Waals surface area contributed by atoms with Crippen molar-refractivity contribution in [2.75, 3.05) is 11.8 Å². The van der Waals surface area contributed by atoms with Crippen LogP contribution in [0, 0.1) is 0 Å². The SMILES string of the molecule is COc1ccccc1Oc1ccc(S(=O)(=O)Nc2ccncc2)cc1. The average Bonchev–Trinajstić information content (AvgIpc) is 2.63. The first kappa shape index (κ1) is 16.8. The molecule has 0 spiro atoms. The summed E-state index contributed by atoms with van der Waals surface area (Å²) in [5.74, 6) is 1.65. The highest BCUT2D eigenvalue weighted by atomic mass is 32.2. The number of nitrogens with zero attached hydrogens (tertiary/aromatic N) is 1. The Bertz CT molecular complexity index is 942. The number of nitrogens with one attached hydrogen (secondary N) is 1. The van der Waals surface area contributed by atoms with Crippen molar-refractivity contribution in [3.63, 3.8) is 0 Å². The average molecular weight is 356 g/mol. The molecule has 0 saturated carbocycles. The van der Waals surface area contributed by atoms with E-state index in [2.05, 4.69) is 9.71 Å². The molecule has 0 aliphatic heterocycles. The molecule has 3 aromatic rings. The van der Waals surface area contributed by atoms with E-state index in [4.69, 9.17) is 9.47 Å². The standard InChI is InChI=1S/C18H16N2O4S/c1-23-17-4-2-3-5-18(17)24-15-6-8-16(9-7-15)25(21,22)20-14-10-12-19-13-11-14/h2-13H,1H3,(H,19,20). The van der Waals surface area contributed by atoms with E-state index in [1.807, 2.05) is 12.1 Å². The number of ether oxygens (including phenoxy) is 2. The number of anilines is 1. The zero-order valence-electron chi connectivity index (χ0n) is 13.4. The zero-order chi connectivity index (χ0) is 17.7. The molecule has 128 valence electrons. The molecule has 6 nitrogen and oxygen atoms in total. The fourth-order valence-electron chi connectivity index (χ4n) is 2.15. The number of para-hydroxylation sites is 2. The smallest absolute Gasteiger partial charge is 0.261 e. The third kappa shape index (κ3) is 4.07. The molecule has 0 radical (unpaired) electrons. The molecule has 0 unspecified atom stereocenters. The van der Waals surface area contributed by atoms with E-state index in [0.29, 0.717) is 22.9 Å². The summed E-state index contributed by atoms with van der Waals surface area (Å²) in [7, 11) is -2.12. The highest BCUT2D eigenvalue weighted by molar-refractivity contribution is 7.92. The number of sulfonamides is 1. The Hall–Kier alpha value is -3.06. The van der Waals surface area contributed by atoms with Crippen LogP contribution in [0.25, 0.3) is 0 Å². The van der Waals surface area contributed by atoms with Crippen LogP contribution in [0.3, 0.4) is 0 Å². The van der Waals surface area contributed by atoms with Gasteiger partial charge in [0, 0.05) is 12.4 Å². The molecule has 0 aliphatic carbocycles. The van der Waals surface area contributed by atoms with Crippen LogP contribution in [-0.2, 0) is 10.0 Å². The lowest BCUT2D eigenvalue weighted by molar-refractivity contribution is 0.379. The predicted octanol–water partition coefficient (Wildman–Crippen LogP) is 3.68. The number of methoxy groups -OCH3 is 1. The molecule has 0 bridgehead atoms. The molecule has 2 aromatic carbocycles. The van der Waals surface area contributed by atoms with Crippen molar-refractivity contribution in [3.8, 4) is 17.2 Å². The molecule has 0 saturated heterocycles. The number of hydrogen-bond acceptors (Lipinski definition) is 5. The van der Waals surface area contributed by atoms with Crippen LogP contribution in [0.2, 0.25) is 0 Å². The van der Waals surface area contributed by atoms with Gasteiger partial charge in [-0.25, -0.2) is 8.42 Å². The van der Waals surface area contributed by atoms with Gasteiger partial charge in [0.25, 0.3) is 10.0 Å². The summed E-state index contributed by atoms with van der Waals surface area (Å²) in [6.07, 6.45) is 3.03. The van der Waals surface area contributed by atoms with Crippen molar-refractivity contribution in [1.82, 2.24) is 4.98 Å². The number of hydrogen-bond donors (Lipinski definition) is 1. The van der Waals surface area contributed by atoms with E-state index in [1.165, 1.54) is 24.5 Å². The normalized spacial score (nSPS) is 10.9. The van der Waals surface area contributed by atoms with Crippen LogP contribution in [0.5, 0.6) is 17.2 Å². The fraction of sp³-hybridized carbons (Fsp3) is 0.0556. The van der Waals surface area contributed by atoms with Gasteiger partial charge in [-0.1, -0.05) is 12.1 Å². The van der Waals surface area contributed by atoms with Crippen molar-refractivity contribution in [2.45, 2.75) is 4.90 Å². The second kappa shape index (κ2) is 7.23. The maximum Gasteiger partial charge on any atom is 0.261 e. The van der Waals surface area contributed by atoms with Crippen LogP contribution in [0.4, 0.5) is 5.69 Å². The minimum atomic E-state index is -3.67. The van der Waals surface area contributed by atoms with E-state index >= 15 is 0 Å². The summed E-state index contributed by atoms with van der Waals surface area (Å²) in [4.78, 5) is 3.99.